The molecule has 0 fully saturated rings. The van der Waals surface area contributed by atoms with Crippen LogP contribution < -0.4 is 0 Å². The summed E-state index contributed by atoms with van der Waals surface area (Å²) in [7, 11) is 0. The largest absolute Gasteiger partial charge is 0.294 e. The molecular formula is C31H36O. The van der Waals surface area contributed by atoms with Crippen molar-refractivity contribution in [3.63, 3.8) is 0 Å². The van der Waals surface area contributed by atoms with Crippen LogP contribution in [-0.2, 0) is 19.3 Å². The maximum Gasteiger partial charge on any atom is 0.166 e. The first kappa shape index (κ1) is 22.5. The Labute approximate surface area is 193 Å². The van der Waals surface area contributed by atoms with Gasteiger partial charge in [0.2, 0.25) is 0 Å². The van der Waals surface area contributed by atoms with Crippen LogP contribution in [-0.4, -0.2) is 5.78 Å². The van der Waals surface area contributed by atoms with E-state index in [0.717, 1.165) is 24.8 Å². The van der Waals surface area contributed by atoms with Crippen molar-refractivity contribution in [1.82, 2.24) is 0 Å². The number of carbonyl (C=O) groups excluding carboxylic acids is 1. The van der Waals surface area contributed by atoms with E-state index in [4.69, 9.17) is 0 Å². The highest BCUT2D eigenvalue weighted by Gasteiger charge is 2.42. The maximum absolute atomic E-state index is 14.0. The Morgan fingerprint density at radius 2 is 1.56 bits per heavy atom. The molecule has 0 aliphatic heterocycles. The monoisotopic (exact) mass is 424 g/mol. The Balaban J connectivity index is 1.71. The van der Waals surface area contributed by atoms with Gasteiger partial charge in [-0.3, -0.25) is 4.79 Å². The van der Waals surface area contributed by atoms with Gasteiger partial charge >= 0.3 is 0 Å². The second kappa shape index (κ2) is 10.3. The van der Waals surface area contributed by atoms with Crippen LogP contribution in [0, 0.1) is 17.8 Å². The van der Waals surface area contributed by atoms with Crippen molar-refractivity contribution in [2.75, 3.05) is 0 Å². The van der Waals surface area contributed by atoms with Crippen molar-refractivity contribution in [3.8, 4) is 0 Å². The lowest BCUT2D eigenvalue weighted by molar-refractivity contribution is 0.0871. The van der Waals surface area contributed by atoms with Gasteiger partial charge in [-0.1, -0.05) is 106 Å². The zero-order valence-electron chi connectivity index (χ0n) is 19.8. The summed E-state index contributed by atoms with van der Waals surface area (Å²) in [5, 5.41) is 0. The molecule has 4 rings (SSSR count). The molecule has 3 aromatic rings. The Morgan fingerprint density at radius 3 is 2.25 bits per heavy atom. The van der Waals surface area contributed by atoms with Crippen molar-refractivity contribution >= 4 is 5.78 Å². The molecule has 0 N–H and O–H groups in total. The molecule has 32 heavy (non-hydrogen) atoms. The normalized spacial score (nSPS) is 18.5. The van der Waals surface area contributed by atoms with Gasteiger partial charge in [-0.25, -0.2) is 0 Å². The molecule has 166 valence electrons. The lowest BCUT2D eigenvalue weighted by atomic mass is 9.71. The van der Waals surface area contributed by atoms with Gasteiger partial charge in [0.05, 0.1) is 0 Å². The van der Waals surface area contributed by atoms with Crippen LogP contribution in [0.3, 0.4) is 0 Å². The first-order valence-corrected chi connectivity index (χ1v) is 12.3. The molecule has 0 aromatic heterocycles. The smallest absolute Gasteiger partial charge is 0.166 e. The first-order valence-electron chi connectivity index (χ1n) is 12.3. The summed E-state index contributed by atoms with van der Waals surface area (Å²) < 4.78 is 0. The van der Waals surface area contributed by atoms with Gasteiger partial charge < -0.3 is 0 Å². The van der Waals surface area contributed by atoms with Gasteiger partial charge in [-0.15, -0.1) is 0 Å². The molecule has 1 heteroatoms. The van der Waals surface area contributed by atoms with Gasteiger partial charge in [-0.05, 0) is 65.7 Å². The molecule has 0 saturated heterocycles. The van der Waals surface area contributed by atoms with Gasteiger partial charge in [0.15, 0.2) is 5.78 Å². The molecule has 1 nitrogen and oxygen atoms in total. The third-order valence-electron chi connectivity index (χ3n) is 7.31. The number of ketones is 1. The summed E-state index contributed by atoms with van der Waals surface area (Å²) in [5.74, 6) is 1.54. The van der Waals surface area contributed by atoms with Crippen molar-refractivity contribution < 1.29 is 4.79 Å². The summed E-state index contributed by atoms with van der Waals surface area (Å²) in [6.07, 6.45) is 5.34. The molecule has 0 spiro atoms. The number of hydrogen-bond acceptors (Lipinski definition) is 1. The van der Waals surface area contributed by atoms with Crippen LogP contribution >= 0.6 is 0 Å². The lowest BCUT2D eigenvalue weighted by Gasteiger charge is -2.31. The fraction of sp³-hybridized carbons (Fsp3) is 0.387. The standard InChI is InChI=1S/C31H36O/c1-4-5-11-23-16-18-25(19-17-23)31(32)29(20-24-12-7-6-8-13-24)30-27-15-10-9-14-26(27)21-28(30)22(2)3/h6-10,12-19,22,28-30H,4-5,11,20-21H2,1-3H3. The van der Waals surface area contributed by atoms with E-state index in [1.165, 1.54) is 35.1 Å². The van der Waals surface area contributed by atoms with E-state index in [-0.39, 0.29) is 11.8 Å². The van der Waals surface area contributed by atoms with Gasteiger partial charge in [0.25, 0.3) is 0 Å². The predicted octanol–water partition coefficient (Wildman–Crippen LogP) is 7.68. The molecule has 3 atom stereocenters. The molecule has 3 unspecified atom stereocenters. The summed E-state index contributed by atoms with van der Waals surface area (Å²) in [6, 6.07) is 27.8. The van der Waals surface area contributed by atoms with Crippen molar-refractivity contribution in [1.29, 1.82) is 0 Å². The molecule has 0 radical (unpaired) electrons. The fourth-order valence-electron chi connectivity index (χ4n) is 5.50. The Kier molecular flexibility index (Phi) is 7.25. The van der Waals surface area contributed by atoms with Gasteiger partial charge in [0.1, 0.15) is 0 Å². The molecule has 0 heterocycles. The summed E-state index contributed by atoms with van der Waals surface area (Å²) in [6.45, 7) is 6.85. The third kappa shape index (κ3) is 4.88. The number of carbonyl (C=O) groups is 1. The molecule has 3 aromatic carbocycles. The van der Waals surface area contributed by atoms with Crippen LogP contribution in [0.5, 0.6) is 0 Å². The van der Waals surface area contributed by atoms with Crippen molar-refractivity contribution in [3.05, 3.63) is 107 Å². The number of unbranched alkanes of at least 4 members (excludes halogenated alkanes) is 1. The molecule has 1 aliphatic rings. The molecule has 0 saturated carbocycles. The predicted molar refractivity (Wildman–Crippen MR) is 134 cm³/mol. The van der Waals surface area contributed by atoms with Crippen molar-refractivity contribution in [2.45, 2.75) is 58.8 Å². The van der Waals surface area contributed by atoms with E-state index in [1.807, 2.05) is 0 Å². The van der Waals surface area contributed by atoms with Crippen molar-refractivity contribution in [2.24, 2.45) is 17.8 Å². The Hall–Kier alpha value is -2.67. The average Bonchev–Trinajstić information content (AvgIpc) is 3.21. The first-order chi connectivity index (χ1) is 15.6. The summed E-state index contributed by atoms with van der Waals surface area (Å²) in [5.41, 5.74) is 6.25. The quantitative estimate of drug-likeness (QED) is 0.322. The van der Waals surface area contributed by atoms with Crippen LogP contribution in [0.25, 0.3) is 0 Å². The number of fused-ring (bicyclic) bond motifs is 1. The minimum Gasteiger partial charge on any atom is -0.294 e. The number of rotatable bonds is 9. The van der Waals surface area contributed by atoms with Crippen LogP contribution in [0.4, 0.5) is 0 Å². The summed E-state index contributed by atoms with van der Waals surface area (Å²) >= 11 is 0. The lowest BCUT2D eigenvalue weighted by Crippen LogP contribution is -2.30. The van der Waals surface area contributed by atoms with E-state index in [0.29, 0.717) is 17.6 Å². The zero-order valence-corrected chi connectivity index (χ0v) is 19.8. The maximum atomic E-state index is 14.0. The van der Waals surface area contributed by atoms with E-state index in [1.54, 1.807) is 0 Å². The van der Waals surface area contributed by atoms with E-state index in [2.05, 4.69) is 99.6 Å². The van der Waals surface area contributed by atoms with E-state index in [9.17, 15) is 4.79 Å². The second-order valence-electron chi connectivity index (χ2n) is 9.80. The number of hydrogen-bond donors (Lipinski definition) is 0. The van der Waals surface area contributed by atoms with Crippen LogP contribution in [0.15, 0.2) is 78.9 Å². The Bertz CT molecular complexity index is 1020. The number of benzene rings is 3. The topological polar surface area (TPSA) is 17.1 Å². The Morgan fingerprint density at radius 1 is 0.875 bits per heavy atom. The molecule has 1 aliphatic carbocycles. The highest BCUT2D eigenvalue weighted by atomic mass is 16.1. The minimum absolute atomic E-state index is 0.0464. The summed E-state index contributed by atoms with van der Waals surface area (Å²) in [4.78, 5) is 14.0. The fourth-order valence-corrected chi connectivity index (χ4v) is 5.50. The SMILES string of the molecule is CCCCc1ccc(C(=O)C(Cc2ccccc2)C2c3ccccc3CC2C(C)C)cc1. The molecule has 0 amide bonds. The van der Waals surface area contributed by atoms with Gasteiger partial charge in [0, 0.05) is 11.5 Å². The number of Topliss-reactive ketones (excluding diaryl/α,β-unsaturated/α-hetero) is 1. The third-order valence-corrected chi connectivity index (χ3v) is 7.31. The minimum atomic E-state index is -0.0464. The highest BCUT2D eigenvalue weighted by Crippen LogP contribution is 2.47. The average molecular weight is 425 g/mol. The van der Waals surface area contributed by atoms with E-state index < -0.39 is 0 Å². The van der Waals surface area contributed by atoms with Gasteiger partial charge in [-0.2, -0.15) is 0 Å². The van der Waals surface area contributed by atoms with Crippen LogP contribution in [0.2, 0.25) is 0 Å². The second-order valence-corrected chi connectivity index (χ2v) is 9.80. The highest BCUT2D eigenvalue weighted by molar-refractivity contribution is 5.98. The molecular weight excluding hydrogens is 388 g/mol. The van der Waals surface area contributed by atoms with E-state index >= 15 is 0 Å². The molecule has 0 bridgehead atoms. The number of aryl methyl sites for hydroxylation is 1. The zero-order chi connectivity index (χ0) is 22.5. The van der Waals surface area contributed by atoms with Crippen LogP contribution in [0.1, 0.15) is 72.1 Å².